The van der Waals surface area contributed by atoms with Crippen LogP contribution < -0.4 is 10.6 Å². The quantitative estimate of drug-likeness (QED) is 0.132. The van der Waals surface area contributed by atoms with Crippen molar-refractivity contribution in [2.24, 2.45) is 0 Å². The Hall–Kier alpha value is -4.43. The number of aryl methyl sites for hydroxylation is 2. The van der Waals surface area contributed by atoms with Crippen LogP contribution in [0.5, 0.6) is 0 Å². The van der Waals surface area contributed by atoms with Gasteiger partial charge in [0, 0.05) is 58.8 Å². The first-order valence-electron chi connectivity index (χ1n) is 15.0. The van der Waals surface area contributed by atoms with Crippen LogP contribution in [0.3, 0.4) is 0 Å². The molecule has 5 rings (SSSR count). The number of carbonyl (C=O) groups is 2. The molecule has 13 heteroatoms. The third-order valence-corrected chi connectivity index (χ3v) is 10.9. The van der Waals surface area contributed by atoms with E-state index < -0.39 is 15.9 Å². The number of thiophene rings is 2. The zero-order chi connectivity index (χ0) is 33.2. The Bertz CT molecular complexity index is 1860. The van der Waals surface area contributed by atoms with Crippen molar-refractivity contribution in [3.05, 3.63) is 106 Å². The van der Waals surface area contributed by atoms with Crippen molar-refractivity contribution in [1.29, 1.82) is 0 Å². The van der Waals surface area contributed by atoms with Crippen molar-refractivity contribution >= 4 is 61.8 Å². The molecule has 0 fully saturated rings. The van der Waals surface area contributed by atoms with E-state index in [4.69, 9.17) is 0 Å². The summed E-state index contributed by atoms with van der Waals surface area (Å²) in [5.41, 5.74) is 2.81. The van der Waals surface area contributed by atoms with Gasteiger partial charge in [-0.3, -0.25) is 9.59 Å². The van der Waals surface area contributed by atoms with Crippen molar-refractivity contribution in [2.45, 2.75) is 30.6 Å². The molecule has 0 atom stereocenters. The second kappa shape index (κ2) is 15.9. The van der Waals surface area contributed by atoms with Crippen molar-refractivity contribution < 1.29 is 18.0 Å². The zero-order valence-corrected chi connectivity index (χ0v) is 28.6. The van der Waals surface area contributed by atoms with Gasteiger partial charge in [0.15, 0.2) is 0 Å². The summed E-state index contributed by atoms with van der Waals surface area (Å²) in [7, 11) is -0.397. The lowest BCUT2D eigenvalue weighted by Crippen LogP contribution is -2.41. The summed E-state index contributed by atoms with van der Waals surface area (Å²) in [4.78, 5) is 38.5. The van der Waals surface area contributed by atoms with Gasteiger partial charge in [0.05, 0.1) is 10.6 Å². The van der Waals surface area contributed by atoms with E-state index in [0.717, 1.165) is 14.7 Å². The minimum absolute atomic E-state index is 0.0275. The molecular formula is C34H36N6O4S3. The van der Waals surface area contributed by atoms with E-state index in [1.165, 1.54) is 17.0 Å². The Kier molecular flexibility index (Phi) is 11.5. The van der Waals surface area contributed by atoms with E-state index in [0.29, 0.717) is 48.8 Å². The third-order valence-electron chi connectivity index (χ3n) is 7.19. The Balaban J connectivity index is 1.22. The molecule has 2 amide bonds. The lowest BCUT2D eigenvalue weighted by Gasteiger charge is -2.24. The molecule has 2 aromatic carbocycles. The lowest BCUT2D eigenvalue weighted by atomic mass is 10.1. The number of nitrogens with one attached hydrogen (secondary N) is 2. The van der Waals surface area contributed by atoms with E-state index in [-0.39, 0.29) is 23.8 Å². The number of benzene rings is 2. The number of rotatable bonds is 15. The number of anilines is 3. The fourth-order valence-electron chi connectivity index (χ4n) is 4.67. The standard InChI is InChI=1S/C34H36N6O4S3/c1-39(2)21-22-40(33(42)18-14-29-6-4-24-46-29)47(43,44)30-15-11-27(12-16-30)37-34-35-20-19-31(38-34)25-7-9-26(10-8-25)36-32(41)17-13-28-5-3-23-45-28/h3-12,15-16,19-20,23-24H,13-14,17-18,21-22H2,1-2H3,(H,36,41)(H,35,37,38). The van der Waals surface area contributed by atoms with Crippen molar-refractivity contribution in [2.75, 3.05) is 37.8 Å². The summed E-state index contributed by atoms with van der Waals surface area (Å²) >= 11 is 3.19. The van der Waals surface area contributed by atoms with Crippen LogP contribution in [0.15, 0.2) is 101 Å². The molecule has 3 aromatic heterocycles. The van der Waals surface area contributed by atoms with Gasteiger partial charge in [0.2, 0.25) is 17.8 Å². The Morgan fingerprint density at radius 3 is 2.04 bits per heavy atom. The van der Waals surface area contributed by atoms with Crippen LogP contribution in [0.1, 0.15) is 22.6 Å². The number of nitrogens with zero attached hydrogens (tertiary/aromatic N) is 4. The minimum Gasteiger partial charge on any atom is -0.326 e. The molecule has 0 aliphatic rings. The predicted octanol–water partition coefficient (Wildman–Crippen LogP) is 6.29. The Labute approximate surface area is 283 Å². The summed E-state index contributed by atoms with van der Waals surface area (Å²) in [6.45, 7) is 0.465. The maximum atomic E-state index is 13.6. The van der Waals surface area contributed by atoms with Crippen LogP contribution in [0, 0.1) is 0 Å². The highest BCUT2D eigenvalue weighted by Crippen LogP contribution is 2.24. The van der Waals surface area contributed by atoms with Crippen LogP contribution in [0.4, 0.5) is 17.3 Å². The summed E-state index contributed by atoms with van der Waals surface area (Å²) in [6, 6.07) is 23.3. The lowest BCUT2D eigenvalue weighted by molar-refractivity contribution is -0.126. The molecule has 0 aliphatic heterocycles. The molecule has 3 heterocycles. The number of aromatic nitrogens is 2. The highest BCUT2D eigenvalue weighted by atomic mass is 32.2. The molecule has 0 saturated carbocycles. The summed E-state index contributed by atoms with van der Waals surface area (Å²) in [5.74, 6) is -0.141. The molecule has 47 heavy (non-hydrogen) atoms. The Morgan fingerprint density at radius 1 is 0.787 bits per heavy atom. The van der Waals surface area contributed by atoms with Gasteiger partial charge < -0.3 is 15.5 Å². The molecule has 2 N–H and O–H groups in total. The van der Waals surface area contributed by atoms with Crippen molar-refractivity contribution in [1.82, 2.24) is 19.2 Å². The highest BCUT2D eigenvalue weighted by Gasteiger charge is 2.29. The molecule has 0 spiro atoms. The van der Waals surface area contributed by atoms with Gasteiger partial charge in [-0.05, 0) is 92.3 Å². The van der Waals surface area contributed by atoms with Crippen molar-refractivity contribution in [3.8, 4) is 11.3 Å². The summed E-state index contributed by atoms with van der Waals surface area (Å²) in [6.07, 6.45) is 3.35. The number of hydrogen-bond donors (Lipinski definition) is 2. The largest absolute Gasteiger partial charge is 0.326 e. The van der Waals surface area contributed by atoms with Gasteiger partial charge in [0.1, 0.15) is 0 Å². The van der Waals surface area contributed by atoms with E-state index in [2.05, 4.69) is 20.6 Å². The number of amides is 2. The zero-order valence-electron chi connectivity index (χ0n) is 26.1. The van der Waals surface area contributed by atoms with Gasteiger partial charge in [-0.15, -0.1) is 22.7 Å². The van der Waals surface area contributed by atoms with Gasteiger partial charge in [-0.25, -0.2) is 22.7 Å². The molecule has 0 bridgehead atoms. The topological polar surface area (TPSA) is 125 Å². The summed E-state index contributed by atoms with van der Waals surface area (Å²) in [5, 5.41) is 10.00. The van der Waals surface area contributed by atoms with Crippen LogP contribution in [0.25, 0.3) is 11.3 Å². The molecule has 0 radical (unpaired) electrons. The molecular weight excluding hydrogens is 653 g/mol. The molecule has 0 unspecified atom stereocenters. The molecule has 244 valence electrons. The predicted molar refractivity (Wildman–Crippen MR) is 189 cm³/mol. The van der Waals surface area contributed by atoms with Crippen LogP contribution >= 0.6 is 22.7 Å². The SMILES string of the molecule is CN(C)CCN(C(=O)CCc1cccs1)S(=O)(=O)c1ccc(Nc2nccc(-c3ccc(NC(=O)CCc4cccs4)cc3)n2)cc1. The monoisotopic (exact) mass is 688 g/mol. The van der Waals surface area contributed by atoms with Gasteiger partial charge in [-0.2, -0.15) is 0 Å². The van der Waals surface area contributed by atoms with Gasteiger partial charge >= 0.3 is 0 Å². The second-order valence-corrected chi connectivity index (χ2v) is 14.9. The maximum Gasteiger partial charge on any atom is 0.266 e. The first-order valence-corrected chi connectivity index (χ1v) is 18.2. The van der Waals surface area contributed by atoms with E-state index >= 15 is 0 Å². The van der Waals surface area contributed by atoms with E-state index in [1.54, 1.807) is 47.1 Å². The van der Waals surface area contributed by atoms with Gasteiger partial charge in [0.25, 0.3) is 10.0 Å². The fourth-order valence-corrected chi connectivity index (χ4v) is 7.50. The fraction of sp³-hybridized carbons (Fsp3) is 0.235. The molecule has 5 aromatic rings. The molecule has 0 aliphatic carbocycles. The average Bonchev–Trinajstić information content (AvgIpc) is 3.79. The number of carbonyl (C=O) groups excluding carboxylic acids is 2. The minimum atomic E-state index is -4.07. The number of hydrogen-bond acceptors (Lipinski definition) is 10. The number of sulfonamides is 1. The maximum absolute atomic E-state index is 13.6. The van der Waals surface area contributed by atoms with Gasteiger partial charge in [-0.1, -0.05) is 24.3 Å². The average molecular weight is 689 g/mol. The van der Waals surface area contributed by atoms with Crippen LogP contribution in [0.2, 0.25) is 0 Å². The highest BCUT2D eigenvalue weighted by molar-refractivity contribution is 7.89. The number of likely N-dealkylation sites (N-methyl/N-ethyl adjacent to an activating group) is 1. The first kappa shape index (κ1) is 33.9. The van der Waals surface area contributed by atoms with E-state index in [1.807, 2.05) is 78.3 Å². The van der Waals surface area contributed by atoms with Crippen LogP contribution in [-0.2, 0) is 32.5 Å². The second-order valence-electron chi connectivity index (χ2n) is 11.0. The smallest absolute Gasteiger partial charge is 0.266 e. The summed E-state index contributed by atoms with van der Waals surface area (Å²) < 4.78 is 28.2. The van der Waals surface area contributed by atoms with E-state index in [9.17, 15) is 18.0 Å². The Morgan fingerprint density at radius 2 is 1.43 bits per heavy atom. The van der Waals surface area contributed by atoms with Crippen molar-refractivity contribution in [3.63, 3.8) is 0 Å². The normalized spacial score (nSPS) is 11.4. The van der Waals surface area contributed by atoms with Crippen LogP contribution in [-0.4, -0.2) is 66.6 Å². The first-order chi connectivity index (χ1) is 22.7. The molecule has 0 saturated heterocycles. The third kappa shape index (κ3) is 9.55. The molecule has 10 nitrogen and oxygen atoms in total.